The van der Waals surface area contributed by atoms with E-state index in [2.05, 4.69) is 17.1 Å². The first-order valence-corrected chi connectivity index (χ1v) is 7.72. The Bertz CT molecular complexity index is 290. The molecule has 1 saturated heterocycles. The summed E-state index contributed by atoms with van der Waals surface area (Å²) in [6.07, 6.45) is 8.00. The van der Waals surface area contributed by atoms with Crippen LogP contribution in [0.5, 0.6) is 0 Å². The maximum absolute atomic E-state index is 11.4. The van der Waals surface area contributed by atoms with E-state index in [1.807, 2.05) is 0 Å². The Balaban J connectivity index is 1.81. The number of rotatable bonds is 4. The molecular formula is C15H28N2O2. The molecule has 0 spiro atoms. The lowest BCUT2D eigenvalue weighted by atomic mass is 9.91. The molecule has 2 aliphatic rings. The van der Waals surface area contributed by atoms with Crippen molar-refractivity contribution in [2.24, 2.45) is 5.92 Å². The fourth-order valence-corrected chi connectivity index (χ4v) is 3.56. The van der Waals surface area contributed by atoms with E-state index in [0.717, 1.165) is 13.1 Å². The summed E-state index contributed by atoms with van der Waals surface area (Å²) in [5, 5.41) is 3.82. The summed E-state index contributed by atoms with van der Waals surface area (Å²) in [5.41, 5.74) is 0. The van der Waals surface area contributed by atoms with Crippen molar-refractivity contribution in [3.63, 3.8) is 0 Å². The molecule has 2 atom stereocenters. The van der Waals surface area contributed by atoms with Crippen molar-refractivity contribution < 1.29 is 9.53 Å². The molecule has 1 aliphatic heterocycles. The van der Waals surface area contributed by atoms with Crippen LogP contribution in [-0.4, -0.2) is 49.7 Å². The van der Waals surface area contributed by atoms with Crippen molar-refractivity contribution >= 4 is 5.97 Å². The van der Waals surface area contributed by atoms with Crippen LogP contribution in [0, 0.1) is 5.92 Å². The highest BCUT2D eigenvalue weighted by molar-refractivity contribution is 5.71. The Morgan fingerprint density at radius 3 is 2.63 bits per heavy atom. The van der Waals surface area contributed by atoms with E-state index in [0.29, 0.717) is 24.5 Å². The van der Waals surface area contributed by atoms with Gasteiger partial charge in [0, 0.05) is 25.2 Å². The van der Waals surface area contributed by atoms with Crippen LogP contribution in [0.1, 0.15) is 45.4 Å². The van der Waals surface area contributed by atoms with E-state index in [4.69, 9.17) is 4.74 Å². The molecule has 1 heterocycles. The minimum atomic E-state index is -0.120. The Morgan fingerprint density at radius 1 is 1.21 bits per heavy atom. The highest BCUT2D eigenvalue weighted by Gasteiger charge is 2.28. The van der Waals surface area contributed by atoms with Gasteiger partial charge in [0.1, 0.15) is 0 Å². The van der Waals surface area contributed by atoms with Crippen LogP contribution in [-0.2, 0) is 9.53 Å². The third kappa shape index (κ3) is 4.77. The summed E-state index contributed by atoms with van der Waals surface area (Å²) >= 11 is 0. The zero-order valence-corrected chi connectivity index (χ0v) is 12.4. The second kappa shape index (κ2) is 7.25. The Hall–Kier alpha value is -0.610. The summed E-state index contributed by atoms with van der Waals surface area (Å²) in [6.45, 7) is 4.70. The first kappa shape index (κ1) is 14.8. The Kier molecular flexibility index (Phi) is 5.64. The molecule has 1 saturated carbocycles. The standard InChI is InChI=1S/C15H28N2O2/c1-12-8-14(16-13-6-4-3-5-7-13)10-17(9-12)11-15(18)19-2/h12-14,16H,3-11H2,1-2H3. The quantitative estimate of drug-likeness (QED) is 0.789. The van der Waals surface area contributed by atoms with Crippen molar-refractivity contribution in [1.82, 2.24) is 10.2 Å². The predicted molar refractivity (Wildman–Crippen MR) is 76.0 cm³/mol. The zero-order valence-electron chi connectivity index (χ0n) is 12.4. The normalized spacial score (nSPS) is 30.2. The number of likely N-dealkylation sites (tertiary alicyclic amines) is 1. The van der Waals surface area contributed by atoms with E-state index >= 15 is 0 Å². The molecule has 0 aromatic carbocycles. The SMILES string of the molecule is COC(=O)CN1CC(C)CC(NC2CCCCC2)C1. The number of ether oxygens (including phenoxy) is 1. The highest BCUT2D eigenvalue weighted by Crippen LogP contribution is 2.21. The molecule has 0 amide bonds. The van der Waals surface area contributed by atoms with Gasteiger partial charge in [-0.3, -0.25) is 9.69 Å². The van der Waals surface area contributed by atoms with Crippen LogP contribution in [0.15, 0.2) is 0 Å². The average molecular weight is 268 g/mol. The van der Waals surface area contributed by atoms with Gasteiger partial charge in [0.05, 0.1) is 13.7 Å². The second-order valence-corrected chi connectivity index (χ2v) is 6.31. The number of nitrogens with one attached hydrogen (secondary N) is 1. The summed E-state index contributed by atoms with van der Waals surface area (Å²) in [7, 11) is 1.47. The van der Waals surface area contributed by atoms with Crippen molar-refractivity contribution in [3.05, 3.63) is 0 Å². The number of esters is 1. The molecule has 1 aliphatic carbocycles. The minimum absolute atomic E-state index is 0.120. The van der Waals surface area contributed by atoms with Gasteiger partial charge in [-0.25, -0.2) is 0 Å². The van der Waals surface area contributed by atoms with Gasteiger partial charge in [-0.05, 0) is 25.2 Å². The average Bonchev–Trinajstić information content (AvgIpc) is 2.39. The van der Waals surface area contributed by atoms with Gasteiger partial charge in [0.25, 0.3) is 0 Å². The van der Waals surface area contributed by atoms with Crippen LogP contribution in [0.2, 0.25) is 0 Å². The van der Waals surface area contributed by atoms with Crippen LogP contribution in [0.4, 0.5) is 0 Å². The number of piperidine rings is 1. The van der Waals surface area contributed by atoms with E-state index in [-0.39, 0.29) is 5.97 Å². The smallest absolute Gasteiger partial charge is 0.319 e. The first-order valence-electron chi connectivity index (χ1n) is 7.72. The van der Waals surface area contributed by atoms with Crippen LogP contribution in [0.25, 0.3) is 0 Å². The molecule has 2 unspecified atom stereocenters. The summed E-state index contributed by atoms with van der Waals surface area (Å²) in [5.74, 6) is 0.532. The van der Waals surface area contributed by atoms with Gasteiger partial charge in [-0.2, -0.15) is 0 Å². The van der Waals surface area contributed by atoms with Crippen molar-refractivity contribution in [2.75, 3.05) is 26.7 Å². The molecule has 2 rings (SSSR count). The molecule has 2 fully saturated rings. The van der Waals surface area contributed by atoms with E-state index < -0.39 is 0 Å². The zero-order chi connectivity index (χ0) is 13.7. The highest BCUT2D eigenvalue weighted by atomic mass is 16.5. The second-order valence-electron chi connectivity index (χ2n) is 6.31. The minimum Gasteiger partial charge on any atom is -0.468 e. The van der Waals surface area contributed by atoms with E-state index in [1.54, 1.807) is 0 Å². The van der Waals surface area contributed by atoms with Gasteiger partial charge in [0.15, 0.2) is 0 Å². The molecular weight excluding hydrogens is 240 g/mol. The number of methoxy groups -OCH3 is 1. The predicted octanol–water partition coefficient (Wildman–Crippen LogP) is 1.79. The summed E-state index contributed by atoms with van der Waals surface area (Å²) < 4.78 is 4.77. The first-order chi connectivity index (χ1) is 9.17. The molecule has 0 bridgehead atoms. The maximum Gasteiger partial charge on any atom is 0.319 e. The van der Waals surface area contributed by atoms with Gasteiger partial charge in [-0.15, -0.1) is 0 Å². The molecule has 0 aromatic heterocycles. The molecule has 110 valence electrons. The topological polar surface area (TPSA) is 41.6 Å². The third-order valence-corrected chi connectivity index (χ3v) is 4.39. The van der Waals surface area contributed by atoms with E-state index in [1.165, 1.54) is 45.6 Å². The number of hydrogen-bond donors (Lipinski definition) is 1. The summed E-state index contributed by atoms with van der Waals surface area (Å²) in [6, 6.07) is 1.24. The van der Waals surface area contributed by atoms with Crippen LogP contribution < -0.4 is 5.32 Å². The van der Waals surface area contributed by atoms with Gasteiger partial charge in [-0.1, -0.05) is 26.2 Å². The number of carbonyl (C=O) groups is 1. The number of carbonyl (C=O) groups excluding carboxylic acids is 1. The Labute approximate surface area is 116 Å². The van der Waals surface area contributed by atoms with Crippen LogP contribution >= 0.6 is 0 Å². The third-order valence-electron chi connectivity index (χ3n) is 4.39. The van der Waals surface area contributed by atoms with Crippen molar-refractivity contribution in [1.29, 1.82) is 0 Å². The molecule has 0 radical (unpaired) electrons. The lowest BCUT2D eigenvalue weighted by Gasteiger charge is -2.38. The van der Waals surface area contributed by atoms with Gasteiger partial charge in [0.2, 0.25) is 0 Å². The monoisotopic (exact) mass is 268 g/mol. The largest absolute Gasteiger partial charge is 0.468 e. The number of hydrogen-bond acceptors (Lipinski definition) is 4. The summed E-state index contributed by atoms with van der Waals surface area (Å²) in [4.78, 5) is 13.6. The fraction of sp³-hybridized carbons (Fsp3) is 0.933. The van der Waals surface area contributed by atoms with E-state index in [9.17, 15) is 4.79 Å². The van der Waals surface area contributed by atoms with Crippen molar-refractivity contribution in [2.45, 2.75) is 57.5 Å². The van der Waals surface area contributed by atoms with Gasteiger partial charge < -0.3 is 10.1 Å². The maximum atomic E-state index is 11.4. The molecule has 4 heteroatoms. The fourth-order valence-electron chi connectivity index (χ4n) is 3.56. The van der Waals surface area contributed by atoms with Crippen molar-refractivity contribution in [3.8, 4) is 0 Å². The number of nitrogens with zero attached hydrogens (tertiary/aromatic N) is 1. The Morgan fingerprint density at radius 2 is 1.95 bits per heavy atom. The lowest BCUT2D eigenvalue weighted by molar-refractivity contribution is -0.142. The lowest BCUT2D eigenvalue weighted by Crippen LogP contribution is -2.52. The molecule has 0 aromatic rings. The molecule has 19 heavy (non-hydrogen) atoms. The molecule has 1 N–H and O–H groups in total. The van der Waals surface area contributed by atoms with Gasteiger partial charge >= 0.3 is 5.97 Å². The molecule has 4 nitrogen and oxygen atoms in total. The van der Waals surface area contributed by atoms with Crippen LogP contribution in [0.3, 0.4) is 0 Å².